The molecule has 0 unspecified atom stereocenters. The van der Waals surface area contributed by atoms with Crippen molar-refractivity contribution in [1.82, 2.24) is 20.4 Å². The van der Waals surface area contributed by atoms with Gasteiger partial charge in [-0.3, -0.25) is 4.79 Å². The van der Waals surface area contributed by atoms with Crippen LogP contribution in [0.2, 0.25) is 0 Å². The van der Waals surface area contributed by atoms with E-state index in [4.69, 9.17) is 0 Å². The van der Waals surface area contributed by atoms with Crippen LogP contribution in [-0.2, 0) is 11.2 Å². The van der Waals surface area contributed by atoms with Gasteiger partial charge in [0.25, 0.3) is 0 Å². The van der Waals surface area contributed by atoms with Crippen LogP contribution in [0.15, 0.2) is 36.4 Å². The molecule has 2 heterocycles. The maximum atomic E-state index is 12.2. The first-order valence-corrected chi connectivity index (χ1v) is 8.28. The quantitative estimate of drug-likeness (QED) is 0.887. The van der Waals surface area contributed by atoms with Crippen molar-refractivity contribution >= 4 is 5.91 Å². The maximum Gasteiger partial charge on any atom is 0.237 e. The van der Waals surface area contributed by atoms with Gasteiger partial charge in [-0.2, -0.15) is 5.10 Å². The van der Waals surface area contributed by atoms with E-state index in [2.05, 4.69) is 21.8 Å². The van der Waals surface area contributed by atoms with Crippen LogP contribution in [0.4, 0.5) is 0 Å². The summed E-state index contributed by atoms with van der Waals surface area (Å²) in [5.74, 6) is 0.109. The Bertz CT molecular complexity index is 659. The first-order chi connectivity index (χ1) is 11.1. The lowest BCUT2D eigenvalue weighted by Crippen LogP contribution is -2.45. The van der Waals surface area contributed by atoms with E-state index in [9.17, 15) is 4.79 Å². The molecule has 1 aliphatic heterocycles. The lowest BCUT2D eigenvalue weighted by atomic mass is 10.1. The number of hydrogen-bond donors (Lipinski definition) is 2. The molecule has 1 saturated heterocycles. The maximum absolute atomic E-state index is 12.2. The summed E-state index contributed by atoms with van der Waals surface area (Å²) in [7, 11) is 0. The molecule has 1 aliphatic rings. The SMILES string of the molecule is Cc1cc(C[C@H](C)NC(=O)[C@H]2CCCN2)n(-c2ccccc2)n1. The highest BCUT2D eigenvalue weighted by Crippen LogP contribution is 2.14. The number of carbonyl (C=O) groups is 1. The lowest BCUT2D eigenvalue weighted by molar-refractivity contribution is -0.123. The van der Waals surface area contributed by atoms with Gasteiger partial charge in [-0.1, -0.05) is 18.2 Å². The van der Waals surface area contributed by atoms with Crippen molar-refractivity contribution in [1.29, 1.82) is 0 Å². The molecule has 23 heavy (non-hydrogen) atoms. The second-order valence-corrected chi connectivity index (χ2v) is 6.29. The summed E-state index contributed by atoms with van der Waals surface area (Å²) in [6.45, 7) is 4.98. The molecule has 5 nitrogen and oxygen atoms in total. The minimum absolute atomic E-state index is 0.0294. The Labute approximate surface area is 137 Å². The van der Waals surface area contributed by atoms with E-state index in [1.807, 2.05) is 48.9 Å². The van der Waals surface area contributed by atoms with Gasteiger partial charge in [-0.05, 0) is 51.4 Å². The highest BCUT2D eigenvalue weighted by molar-refractivity contribution is 5.82. The molecule has 2 N–H and O–H groups in total. The van der Waals surface area contributed by atoms with Crippen LogP contribution in [0, 0.1) is 6.92 Å². The van der Waals surface area contributed by atoms with Gasteiger partial charge < -0.3 is 10.6 Å². The summed E-state index contributed by atoms with van der Waals surface area (Å²) in [6, 6.07) is 12.2. The second-order valence-electron chi connectivity index (χ2n) is 6.29. The number of nitrogens with zero attached hydrogens (tertiary/aromatic N) is 2. The largest absolute Gasteiger partial charge is 0.352 e. The smallest absolute Gasteiger partial charge is 0.237 e. The van der Waals surface area contributed by atoms with Gasteiger partial charge in [0, 0.05) is 18.2 Å². The van der Waals surface area contributed by atoms with Crippen molar-refractivity contribution < 1.29 is 4.79 Å². The lowest BCUT2D eigenvalue weighted by Gasteiger charge is -2.18. The molecule has 2 aromatic rings. The predicted octanol–water partition coefficient (Wildman–Crippen LogP) is 1.98. The Balaban J connectivity index is 1.69. The summed E-state index contributed by atoms with van der Waals surface area (Å²) in [4.78, 5) is 12.2. The Morgan fingerprint density at radius 3 is 2.91 bits per heavy atom. The number of aromatic nitrogens is 2. The van der Waals surface area contributed by atoms with Crippen LogP contribution < -0.4 is 10.6 Å². The molecule has 1 aromatic heterocycles. The predicted molar refractivity (Wildman–Crippen MR) is 90.6 cm³/mol. The molecule has 2 atom stereocenters. The van der Waals surface area contributed by atoms with Crippen LogP contribution in [0.3, 0.4) is 0 Å². The third-order valence-electron chi connectivity index (χ3n) is 4.19. The molecule has 0 saturated carbocycles. The van der Waals surface area contributed by atoms with E-state index >= 15 is 0 Å². The number of amides is 1. The number of benzene rings is 1. The molecule has 3 rings (SSSR count). The summed E-state index contributed by atoms with van der Waals surface area (Å²) >= 11 is 0. The van der Waals surface area contributed by atoms with Gasteiger partial charge in [0.2, 0.25) is 5.91 Å². The summed E-state index contributed by atoms with van der Waals surface area (Å²) in [6.07, 6.45) is 2.76. The van der Waals surface area contributed by atoms with Gasteiger partial charge in [0.15, 0.2) is 0 Å². The van der Waals surface area contributed by atoms with Gasteiger partial charge in [0.1, 0.15) is 0 Å². The van der Waals surface area contributed by atoms with Crippen LogP contribution in [0.1, 0.15) is 31.2 Å². The van der Waals surface area contributed by atoms with Crippen LogP contribution in [-0.4, -0.2) is 34.3 Å². The van der Waals surface area contributed by atoms with Crippen LogP contribution in [0.5, 0.6) is 0 Å². The first-order valence-electron chi connectivity index (χ1n) is 8.28. The fourth-order valence-electron chi connectivity index (χ4n) is 3.11. The van der Waals surface area contributed by atoms with Crippen molar-refractivity contribution in [3.63, 3.8) is 0 Å². The van der Waals surface area contributed by atoms with Crippen molar-refractivity contribution in [2.45, 2.75) is 45.2 Å². The van der Waals surface area contributed by atoms with E-state index in [1.54, 1.807) is 0 Å². The number of aryl methyl sites for hydroxylation is 1. The monoisotopic (exact) mass is 312 g/mol. The zero-order chi connectivity index (χ0) is 16.2. The topological polar surface area (TPSA) is 59.0 Å². The number of rotatable bonds is 5. The zero-order valence-electron chi connectivity index (χ0n) is 13.7. The molecule has 0 bridgehead atoms. The van der Waals surface area contributed by atoms with E-state index in [0.717, 1.165) is 42.9 Å². The molecule has 1 fully saturated rings. The number of hydrogen-bond acceptors (Lipinski definition) is 3. The minimum atomic E-state index is -0.0294. The van der Waals surface area contributed by atoms with Crippen molar-refractivity contribution in [2.75, 3.05) is 6.54 Å². The van der Waals surface area contributed by atoms with E-state index < -0.39 is 0 Å². The Kier molecular flexibility index (Phi) is 4.76. The molecule has 122 valence electrons. The van der Waals surface area contributed by atoms with Gasteiger partial charge in [-0.25, -0.2) is 4.68 Å². The standard InChI is InChI=1S/C18H24N4O/c1-13(20-18(23)17-9-6-10-19-17)11-16-12-14(2)21-22(16)15-7-4-3-5-8-15/h3-5,7-8,12-13,17,19H,6,9-11H2,1-2H3,(H,20,23)/t13-,17+/m0/s1. The van der Waals surface area contributed by atoms with E-state index in [0.29, 0.717) is 0 Å². The highest BCUT2D eigenvalue weighted by atomic mass is 16.2. The summed E-state index contributed by atoms with van der Waals surface area (Å²) < 4.78 is 1.96. The molecule has 0 spiro atoms. The average Bonchev–Trinajstić information content (AvgIpc) is 3.18. The van der Waals surface area contributed by atoms with Crippen molar-refractivity contribution in [2.24, 2.45) is 0 Å². The molecular weight excluding hydrogens is 288 g/mol. The van der Waals surface area contributed by atoms with Crippen LogP contribution in [0.25, 0.3) is 5.69 Å². The molecular formula is C18H24N4O. The Morgan fingerprint density at radius 1 is 1.43 bits per heavy atom. The van der Waals surface area contributed by atoms with Crippen LogP contribution >= 0.6 is 0 Å². The minimum Gasteiger partial charge on any atom is -0.352 e. The van der Waals surface area contributed by atoms with Gasteiger partial charge >= 0.3 is 0 Å². The molecule has 1 amide bonds. The van der Waals surface area contributed by atoms with Gasteiger partial charge in [0.05, 0.1) is 17.4 Å². The number of carbonyl (C=O) groups excluding carboxylic acids is 1. The van der Waals surface area contributed by atoms with Gasteiger partial charge in [-0.15, -0.1) is 0 Å². The first kappa shape index (κ1) is 15.7. The molecule has 1 aromatic carbocycles. The third kappa shape index (κ3) is 3.79. The van der Waals surface area contributed by atoms with E-state index in [-0.39, 0.29) is 18.0 Å². The number of para-hydroxylation sites is 1. The Morgan fingerprint density at radius 2 is 2.22 bits per heavy atom. The second kappa shape index (κ2) is 6.96. The zero-order valence-corrected chi connectivity index (χ0v) is 13.7. The third-order valence-corrected chi connectivity index (χ3v) is 4.19. The molecule has 5 heteroatoms. The summed E-state index contributed by atoms with van der Waals surface area (Å²) in [5, 5.41) is 10.9. The van der Waals surface area contributed by atoms with Crippen molar-refractivity contribution in [3.8, 4) is 5.69 Å². The average molecular weight is 312 g/mol. The normalized spacial score (nSPS) is 18.8. The number of nitrogens with one attached hydrogen (secondary N) is 2. The van der Waals surface area contributed by atoms with E-state index in [1.165, 1.54) is 0 Å². The Hall–Kier alpha value is -2.14. The molecule has 0 radical (unpaired) electrons. The fraction of sp³-hybridized carbons (Fsp3) is 0.444. The summed E-state index contributed by atoms with van der Waals surface area (Å²) in [5.41, 5.74) is 3.15. The highest BCUT2D eigenvalue weighted by Gasteiger charge is 2.23. The molecule has 0 aliphatic carbocycles. The fourth-order valence-corrected chi connectivity index (χ4v) is 3.11. The van der Waals surface area contributed by atoms with Crippen molar-refractivity contribution in [3.05, 3.63) is 47.8 Å².